The number of fused-ring (bicyclic) bond motifs is 12. The van der Waals surface area contributed by atoms with Crippen LogP contribution in [-0.4, -0.2) is 0 Å². The average molecular weight is 1870 g/mol. The van der Waals surface area contributed by atoms with Crippen LogP contribution in [0.5, 0.6) is 0 Å². The molecule has 0 radical (unpaired) electrons. The first-order valence-corrected chi connectivity index (χ1v) is 53.7. The Balaban J connectivity index is 0.0000000809. The van der Waals surface area contributed by atoms with Crippen molar-refractivity contribution in [3.05, 3.63) is 522 Å². The lowest BCUT2D eigenvalue weighted by Gasteiger charge is -2.14. The Morgan fingerprint density at radius 2 is 0.243 bits per heavy atom. The van der Waals surface area contributed by atoms with Gasteiger partial charge in [-0.05, 0) is 514 Å². The van der Waals surface area contributed by atoms with E-state index in [9.17, 15) is 0 Å². The molecule has 0 heteroatoms. The van der Waals surface area contributed by atoms with Crippen molar-refractivity contribution < 1.29 is 0 Å². The van der Waals surface area contributed by atoms with Gasteiger partial charge in [-0.3, -0.25) is 0 Å². The number of rotatable bonds is 8. The number of hydrogen-bond donors (Lipinski definition) is 0. The summed E-state index contributed by atoms with van der Waals surface area (Å²) < 4.78 is 0. The molecule has 28 aromatic carbocycles. The molecule has 12 aliphatic rings. The van der Waals surface area contributed by atoms with E-state index in [4.69, 9.17) is 0 Å². The largest absolute Gasteiger partial charge is 0.0622 e. The molecule has 0 nitrogen and oxygen atoms in total. The van der Waals surface area contributed by atoms with Crippen LogP contribution in [0.2, 0.25) is 0 Å². The SMILES string of the molecule is c1ccc(-c2cc3c4c5c2Cc2c6ccccc6c6c(c25)c2c(c5ccccc5c(c42)C3)C6)cc1.c1ccc(-c2cc3c4c5c2Cc2ccc6c(c25)c2c(c5ccccc5c(c42)C3)C6)cc1.c1ccc(-c2ccc(-c3cc4c5c6c(c(-c7ccccc7)cc7c6c6c(c(-c8ccccc8)cc8c6c5c3C8)C7)C4)cc2)cc1.c1ccc(-c2ccc3c4c5c6c(ccc7c6c6c(c(-c8ccccc8)cc8c6c5c(c3c2)C8)C7)C4)cc1. The van der Waals surface area contributed by atoms with E-state index in [0.717, 1.165) is 77.0 Å². The maximum atomic E-state index is 2.55. The summed E-state index contributed by atoms with van der Waals surface area (Å²) in [6.45, 7) is 0. The van der Waals surface area contributed by atoms with Gasteiger partial charge in [0.05, 0.1) is 0 Å². The topological polar surface area (TPSA) is 0 Å². The Labute approximate surface area is 853 Å². The zero-order valence-corrected chi connectivity index (χ0v) is 81.4. The van der Waals surface area contributed by atoms with Gasteiger partial charge in [0.25, 0.3) is 0 Å². The van der Waals surface area contributed by atoms with Crippen molar-refractivity contribution in [2.45, 2.75) is 77.0 Å². The van der Waals surface area contributed by atoms with Gasteiger partial charge in [0.15, 0.2) is 0 Å². The van der Waals surface area contributed by atoms with Crippen LogP contribution in [-0.2, 0) is 77.0 Å². The van der Waals surface area contributed by atoms with Crippen LogP contribution in [0.3, 0.4) is 0 Å². The lowest BCUT2D eigenvalue weighted by atomic mass is 9.88. The Bertz CT molecular complexity index is 11200. The summed E-state index contributed by atoms with van der Waals surface area (Å²) in [7, 11) is 0. The summed E-state index contributed by atoms with van der Waals surface area (Å²) >= 11 is 0. The molecule has 0 unspecified atom stereocenters. The summed E-state index contributed by atoms with van der Waals surface area (Å²) in [5.74, 6) is 0. The fraction of sp³-hybridized carbons (Fsp3) is 0.0811. The number of hydrogen-bond acceptors (Lipinski definition) is 0. The van der Waals surface area contributed by atoms with Gasteiger partial charge in [0, 0.05) is 0 Å². The van der Waals surface area contributed by atoms with E-state index in [1.165, 1.54) is 237 Å². The molecule has 0 N–H and O–H groups in total. The third-order valence-electron chi connectivity index (χ3n) is 37.9. The molecule has 0 amide bonds. The van der Waals surface area contributed by atoms with E-state index in [2.05, 4.69) is 388 Å². The molecule has 0 aliphatic heterocycles. The standard InChI is InChI=1S/C45H28.C37H22.C35H20.C31H18/c1-4-10-26(11-5-1)27-16-18-30(19-17-27)36-22-33-24-38-34(28-12-6-2-7-13-28)20-31-23-37-35(29-14-8-3-9-15-29)21-32-25-39(36)45-41(32)43(37)40(31)44(38)42(33)45;1-3-7-20(8-4-1)22-13-14-26-28(15-22)31-19-25-18-27(21-9-5-2-6-10-21)30-17-24-12-11-23-16-29(26)36-33(23)32(24)35(30)34(25)37(31)36;1-2-8-18(9-3-1)24-14-19-15-25-20-10-4-5-11-21(20)26-16-27-22-12-6-7-13-23(22)28-17-29(24)32-30(19)31(25)33(26)35(27)34(28)32;1-2-6-16(7-3-1)22-14-19-15-24-21-9-5-4-8-20(21)23-12-17-10-11-18-13-25(22)29-26(18)27(17)30(23)31(24)28(19)29/h1-22H,23-25H2;1-15,18H,16-17,19H2;1-14H,15-17H2;1-11,14H,12-13,15H2. The Hall–Kier alpha value is -17.7. The van der Waals surface area contributed by atoms with Crippen molar-refractivity contribution in [3.8, 4) is 89.0 Å². The molecular weight excluding hydrogens is 1780 g/mol. The van der Waals surface area contributed by atoms with Crippen LogP contribution >= 0.6 is 0 Å². The third kappa shape index (κ3) is 9.99. The minimum Gasteiger partial charge on any atom is -0.0622 e. The first-order valence-electron chi connectivity index (χ1n) is 53.7. The molecular formula is C148H88. The molecule has 148 heavy (non-hydrogen) atoms. The highest BCUT2D eigenvalue weighted by Gasteiger charge is 2.43. The first-order chi connectivity index (χ1) is 73.4. The fourth-order valence-corrected chi connectivity index (χ4v) is 32.3. The molecule has 40 rings (SSSR count). The van der Waals surface area contributed by atoms with Gasteiger partial charge in [-0.1, -0.05) is 346 Å². The van der Waals surface area contributed by atoms with Crippen LogP contribution in [0.4, 0.5) is 0 Å². The van der Waals surface area contributed by atoms with E-state index in [1.807, 2.05) is 0 Å². The summed E-state index contributed by atoms with van der Waals surface area (Å²) in [4.78, 5) is 0. The minimum atomic E-state index is 0.991. The Kier molecular flexibility index (Phi) is 15.1. The van der Waals surface area contributed by atoms with Crippen molar-refractivity contribution in [1.29, 1.82) is 0 Å². The van der Waals surface area contributed by atoms with E-state index < -0.39 is 0 Å². The molecule has 0 heterocycles. The van der Waals surface area contributed by atoms with Gasteiger partial charge in [0.2, 0.25) is 0 Å². The quantitative estimate of drug-likeness (QED) is 0.105. The molecule has 0 bridgehead atoms. The molecule has 12 aliphatic carbocycles. The fourth-order valence-electron chi connectivity index (χ4n) is 32.3. The first kappa shape index (κ1) is 78.8. The van der Waals surface area contributed by atoms with Crippen molar-refractivity contribution in [3.63, 3.8) is 0 Å². The zero-order chi connectivity index (χ0) is 95.3. The Morgan fingerprint density at radius 1 is 0.0878 bits per heavy atom. The smallest absolute Gasteiger partial charge is 0.0000653 e. The lowest BCUT2D eigenvalue weighted by Crippen LogP contribution is -1.92. The average Bonchev–Trinajstić information content (AvgIpc) is 1.49. The van der Waals surface area contributed by atoms with Crippen molar-refractivity contribution >= 4 is 172 Å². The van der Waals surface area contributed by atoms with E-state index >= 15 is 0 Å². The molecule has 28 aromatic rings. The maximum Gasteiger partial charge on any atom is -0.0000653 e. The monoisotopic (exact) mass is 1860 g/mol. The van der Waals surface area contributed by atoms with Crippen molar-refractivity contribution in [2.75, 3.05) is 0 Å². The lowest BCUT2D eigenvalue weighted by molar-refractivity contribution is 1.24. The summed E-state index contributed by atoms with van der Waals surface area (Å²) in [6.07, 6.45) is 12.4. The molecule has 0 saturated heterocycles. The second kappa shape index (κ2) is 28.3. The third-order valence-corrected chi connectivity index (χ3v) is 37.9. The van der Waals surface area contributed by atoms with Crippen molar-refractivity contribution in [2.24, 2.45) is 0 Å². The summed E-state index contributed by atoms with van der Waals surface area (Å²) in [5.41, 5.74) is 58.5. The molecule has 0 atom stereocenters. The minimum absolute atomic E-state index is 0.991. The molecule has 0 aromatic heterocycles. The normalized spacial score (nSPS) is 14.2. The van der Waals surface area contributed by atoms with E-state index in [0.29, 0.717) is 0 Å². The van der Waals surface area contributed by atoms with Crippen LogP contribution in [0.1, 0.15) is 134 Å². The maximum absolute atomic E-state index is 2.55. The second-order valence-electron chi connectivity index (χ2n) is 44.6. The van der Waals surface area contributed by atoms with Gasteiger partial charge in [-0.15, -0.1) is 0 Å². The highest BCUT2D eigenvalue weighted by molar-refractivity contribution is 6.42. The predicted octanol–water partition coefficient (Wildman–Crippen LogP) is 37.4. The zero-order valence-electron chi connectivity index (χ0n) is 81.4. The van der Waals surface area contributed by atoms with Gasteiger partial charge in [-0.25, -0.2) is 0 Å². The molecule has 0 saturated carbocycles. The molecule has 680 valence electrons. The van der Waals surface area contributed by atoms with E-state index in [-0.39, 0.29) is 0 Å². The van der Waals surface area contributed by atoms with Crippen LogP contribution in [0.25, 0.3) is 261 Å². The highest BCUT2D eigenvalue weighted by atomic mass is 14.5. The molecule has 0 spiro atoms. The number of benzene rings is 28. The van der Waals surface area contributed by atoms with Gasteiger partial charge < -0.3 is 0 Å². The van der Waals surface area contributed by atoms with Gasteiger partial charge in [0.1, 0.15) is 0 Å². The van der Waals surface area contributed by atoms with Gasteiger partial charge >= 0.3 is 0 Å². The van der Waals surface area contributed by atoms with Crippen LogP contribution in [0, 0.1) is 0 Å². The van der Waals surface area contributed by atoms with Crippen molar-refractivity contribution in [1.82, 2.24) is 0 Å². The summed E-state index contributed by atoms with van der Waals surface area (Å²) in [6, 6.07) is 146. The second-order valence-corrected chi connectivity index (χ2v) is 44.6. The van der Waals surface area contributed by atoms with E-state index in [1.54, 1.807) is 158 Å². The summed E-state index contributed by atoms with van der Waals surface area (Å²) in [5, 5.41) is 49.1. The van der Waals surface area contributed by atoms with Gasteiger partial charge in [-0.2, -0.15) is 0 Å². The molecule has 0 fully saturated rings. The predicted molar refractivity (Wildman–Crippen MR) is 623 cm³/mol. The van der Waals surface area contributed by atoms with Crippen LogP contribution in [0.15, 0.2) is 388 Å². The Morgan fingerprint density at radius 3 is 0.527 bits per heavy atom. The van der Waals surface area contributed by atoms with Crippen LogP contribution < -0.4 is 0 Å². The highest BCUT2D eigenvalue weighted by Crippen LogP contribution is 2.65.